The van der Waals surface area contributed by atoms with Crippen LogP contribution in [0.2, 0.25) is 0 Å². The van der Waals surface area contributed by atoms with E-state index in [-0.39, 0.29) is 11.1 Å². The Labute approximate surface area is 123 Å². The topological polar surface area (TPSA) is 26.3 Å². The molecule has 1 aliphatic heterocycles. The molecule has 0 bridgehead atoms. The quantitative estimate of drug-likeness (QED) is 0.496. The second kappa shape index (κ2) is 6.45. The Morgan fingerprint density at radius 2 is 1.95 bits per heavy atom. The van der Waals surface area contributed by atoms with Crippen molar-refractivity contribution < 1.29 is 9.09 Å². The van der Waals surface area contributed by atoms with E-state index in [1.165, 1.54) is 0 Å². The van der Waals surface area contributed by atoms with Crippen molar-refractivity contribution in [1.82, 2.24) is 0 Å². The van der Waals surface area contributed by atoms with E-state index in [2.05, 4.69) is 26.2 Å². The van der Waals surface area contributed by atoms with Crippen molar-refractivity contribution in [3.05, 3.63) is 60.9 Å². The van der Waals surface area contributed by atoms with Gasteiger partial charge in [-0.05, 0) is 6.92 Å². The zero-order valence-electron chi connectivity index (χ0n) is 12.9. The van der Waals surface area contributed by atoms with Crippen LogP contribution in [0.3, 0.4) is 0 Å². The first-order valence-corrected chi connectivity index (χ1v) is 8.82. The number of hydrogen-bond donors (Lipinski definition) is 0. The minimum Gasteiger partial charge on any atom is -0.447 e. The summed E-state index contributed by atoms with van der Waals surface area (Å²) >= 11 is 0. The van der Waals surface area contributed by atoms with Crippen molar-refractivity contribution in [2.75, 3.05) is 6.16 Å². The van der Waals surface area contributed by atoms with Gasteiger partial charge in [0.1, 0.15) is 5.76 Å². The molecule has 0 radical (unpaired) electrons. The molecule has 20 heavy (non-hydrogen) atoms. The fourth-order valence-electron chi connectivity index (χ4n) is 2.67. The van der Waals surface area contributed by atoms with Gasteiger partial charge in [-0.25, -0.2) is 0 Å². The fourth-order valence-corrected chi connectivity index (χ4v) is 5.11. The maximum absolute atomic E-state index is 13.0. The van der Waals surface area contributed by atoms with Crippen LogP contribution < -0.4 is 0 Å². The molecule has 110 valence electrons. The Kier molecular flexibility index (Phi) is 5.42. The first-order valence-electron chi connectivity index (χ1n) is 6.94. The summed E-state index contributed by atoms with van der Waals surface area (Å²) in [6.07, 6.45) is 11.9. The van der Waals surface area contributed by atoms with Crippen LogP contribution >= 0.6 is 7.37 Å². The largest absolute Gasteiger partial charge is 0.447 e. The van der Waals surface area contributed by atoms with Gasteiger partial charge in [0.25, 0.3) is 7.37 Å². The van der Waals surface area contributed by atoms with Crippen molar-refractivity contribution in [1.29, 1.82) is 0 Å². The molecule has 2 nitrogen and oxygen atoms in total. The number of rotatable bonds is 5. The van der Waals surface area contributed by atoms with Crippen molar-refractivity contribution >= 4 is 7.37 Å². The van der Waals surface area contributed by atoms with Crippen LogP contribution in [-0.4, -0.2) is 11.8 Å². The zero-order valence-corrected chi connectivity index (χ0v) is 13.8. The Morgan fingerprint density at radius 1 is 1.35 bits per heavy atom. The molecule has 1 aliphatic rings. The molecule has 0 spiro atoms. The summed E-state index contributed by atoms with van der Waals surface area (Å²) in [6.45, 7) is 15.4. The van der Waals surface area contributed by atoms with Gasteiger partial charge in [0, 0.05) is 17.2 Å². The molecule has 3 unspecified atom stereocenters. The van der Waals surface area contributed by atoms with Crippen molar-refractivity contribution in [3.63, 3.8) is 0 Å². The molecule has 1 rings (SSSR count). The van der Waals surface area contributed by atoms with E-state index in [0.717, 1.165) is 11.3 Å². The lowest BCUT2D eigenvalue weighted by molar-refractivity contribution is 0.326. The smallest absolute Gasteiger partial charge is 0.251 e. The highest BCUT2D eigenvalue weighted by molar-refractivity contribution is 7.59. The maximum Gasteiger partial charge on any atom is 0.251 e. The first kappa shape index (κ1) is 16.8. The van der Waals surface area contributed by atoms with Gasteiger partial charge in [-0.15, -0.1) is 0 Å². The third-order valence-electron chi connectivity index (χ3n) is 4.13. The highest BCUT2D eigenvalue weighted by atomic mass is 31.2. The third kappa shape index (κ3) is 2.91. The van der Waals surface area contributed by atoms with E-state index in [1.54, 1.807) is 12.2 Å². The fraction of sp³-hybridized carbons (Fsp3) is 0.412. The van der Waals surface area contributed by atoms with Gasteiger partial charge in [-0.3, -0.25) is 4.57 Å². The van der Waals surface area contributed by atoms with E-state index in [9.17, 15) is 4.57 Å². The van der Waals surface area contributed by atoms with Crippen molar-refractivity contribution in [3.8, 4) is 0 Å². The highest BCUT2D eigenvalue weighted by Crippen LogP contribution is 2.64. The second-order valence-corrected chi connectivity index (χ2v) is 8.29. The molecule has 0 amide bonds. The molecule has 0 aromatic carbocycles. The van der Waals surface area contributed by atoms with E-state index in [4.69, 9.17) is 4.52 Å². The Balaban J connectivity index is 3.50. The highest BCUT2D eigenvalue weighted by Gasteiger charge is 2.48. The Bertz CT molecular complexity index is 525. The number of allylic oxidation sites excluding steroid dienone is 8. The molecule has 0 aliphatic carbocycles. The molecule has 0 N–H and O–H groups in total. The molecule has 0 saturated carbocycles. The summed E-state index contributed by atoms with van der Waals surface area (Å²) in [7, 11) is -2.68. The molecule has 3 heteroatoms. The minimum absolute atomic E-state index is 0.0793. The average Bonchev–Trinajstić information content (AvgIpc) is 2.43. The van der Waals surface area contributed by atoms with Crippen LogP contribution in [-0.2, 0) is 9.09 Å². The lowest BCUT2D eigenvalue weighted by atomic mass is 9.77. The summed E-state index contributed by atoms with van der Waals surface area (Å²) in [5.74, 6) is 0.739. The molecule has 3 atom stereocenters. The zero-order chi connectivity index (χ0) is 15.4. The van der Waals surface area contributed by atoms with E-state index in [0.29, 0.717) is 6.16 Å². The molecule has 1 heterocycles. The van der Waals surface area contributed by atoms with E-state index >= 15 is 0 Å². The van der Waals surface area contributed by atoms with Crippen LogP contribution in [0.15, 0.2) is 60.9 Å². The lowest BCUT2D eigenvalue weighted by Crippen LogP contribution is -2.35. The third-order valence-corrected chi connectivity index (χ3v) is 7.31. The van der Waals surface area contributed by atoms with Crippen LogP contribution in [0.4, 0.5) is 0 Å². The molecular formula is C17H25O2P. The minimum atomic E-state index is -2.68. The van der Waals surface area contributed by atoms with Crippen LogP contribution in [0.1, 0.15) is 27.7 Å². The molecule has 0 aromatic heterocycles. The summed E-state index contributed by atoms with van der Waals surface area (Å²) in [5.41, 5.74) is 0.633. The molecular weight excluding hydrogens is 267 g/mol. The predicted molar refractivity (Wildman–Crippen MR) is 88.2 cm³/mol. The standard InChI is InChI=1S/C17H25O2P/c1-7-10-12-16-14(4)19-20(18,9-3)15(5)17(16,6)13-11-8-2/h7-8,10-13,15H,1-2,9H2,3-6H3/b12-10-,13-11-. The molecule has 0 fully saturated rings. The van der Waals surface area contributed by atoms with E-state index in [1.807, 2.05) is 39.0 Å². The first-order chi connectivity index (χ1) is 9.35. The molecule has 0 aromatic rings. The monoisotopic (exact) mass is 292 g/mol. The van der Waals surface area contributed by atoms with Gasteiger partial charge >= 0.3 is 0 Å². The van der Waals surface area contributed by atoms with Crippen LogP contribution in [0, 0.1) is 5.41 Å². The summed E-state index contributed by atoms with van der Waals surface area (Å²) in [6, 6.07) is 0. The van der Waals surface area contributed by atoms with Crippen molar-refractivity contribution in [2.24, 2.45) is 5.41 Å². The summed E-state index contributed by atoms with van der Waals surface area (Å²) < 4.78 is 18.8. The summed E-state index contributed by atoms with van der Waals surface area (Å²) in [4.78, 5) is 0. The average molecular weight is 292 g/mol. The van der Waals surface area contributed by atoms with Crippen LogP contribution in [0.5, 0.6) is 0 Å². The number of hydrogen-bond acceptors (Lipinski definition) is 2. The molecule has 0 saturated heterocycles. The van der Waals surface area contributed by atoms with Gasteiger partial charge in [-0.1, -0.05) is 70.4 Å². The van der Waals surface area contributed by atoms with Crippen LogP contribution in [0.25, 0.3) is 0 Å². The van der Waals surface area contributed by atoms with Gasteiger partial charge in [0.15, 0.2) is 0 Å². The normalized spacial score (nSPS) is 34.5. The van der Waals surface area contributed by atoms with Crippen molar-refractivity contribution in [2.45, 2.75) is 33.4 Å². The summed E-state index contributed by atoms with van der Waals surface area (Å²) in [5, 5.41) is 0. The van der Waals surface area contributed by atoms with Gasteiger partial charge in [0.2, 0.25) is 0 Å². The van der Waals surface area contributed by atoms with Gasteiger partial charge in [-0.2, -0.15) is 0 Å². The predicted octanol–water partition coefficient (Wildman–Crippen LogP) is 5.47. The second-order valence-electron chi connectivity index (χ2n) is 5.25. The maximum atomic E-state index is 13.0. The SMILES string of the molecule is C=C/C=C\C1=C(C)OP(=O)(CC)C(C)C1(C)/C=C\C=C. The van der Waals surface area contributed by atoms with Gasteiger partial charge in [0.05, 0.1) is 5.66 Å². The Hall–Kier alpha value is -1.27. The Morgan fingerprint density at radius 3 is 2.45 bits per heavy atom. The lowest BCUT2D eigenvalue weighted by Gasteiger charge is -2.43. The van der Waals surface area contributed by atoms with Gasteiger partial charge < -0.3 is 4.52 Å². The van der Waals surface area contributed by atoms with E-state index < -0.39 is 7.37 Å².